The molecule has 0 spiro atoms. The van der Waals surface area contributed by atoms with Crippen LogP contribution in [0.25, 0.3) is 0 Å². The van der Waals surface area contributed by atoms with Crippen molar-refractivity contribution < 1.29 is 0 Å². The highest BCUT2D eigenvalue weighted by Gasteiger charge is 2.14. The van der Waals surface area contributed by atoms with E-state index in [-0.39, 0.29) is 0 Å². The molecule has 0 amide bonds. The molecular formula is C18H35N3. The van der Waals surface area contributed by atoms with Gasteiger partial charge in [0.2, 0.25) is 0 Å². The Balaban J connectivity index is 1.93. The van der Waals surface area contributed by atoms with Gasteiger partial charge in [-0.2, -0.15) is 0 Å². The second kappa shape index (κ2) is 12.9. The van der Waals surface area contributed by atoms with Crippen LogP contribution in [-0.4, -0.2) is 36.9 Å². The Morgan fingerprint density at radius 3 is 2.52 bits per heavy atom. The van der Waals surface area contributed by atoms with E-state index in [1.807, 2.05) is 0 Å². The van der Waals surface area contributed by atoms with Gasteiger partial charge >= 0.3 is 0 Å². The van der Waals surface area contributed by atoms with E-state index in [2.05, 4.69) is 29.0 Å². The van der Waals surface area contributed by atoms with E-state index in [1.165, 1.54) is 63.6 Å². The van der Waals surface area contributed by atoms with E-state index in [9.17, 15) is 0 Å². The Bertz CT molecular complexity index is 297. The second-order valence-electron chi connectivity index (χ2n) is 5.99. The molecule has 2 N–H and O–H groups in total. The lowest BCUT2D eigenvalue weighted by atomic mass is 10.1. The molecule has 1 heterocycles. The van der Waals surface area contributed by atoms with E-state index in [1.54, 1.807) is 0 Å². The van der Waals surface area contributed by atoms with Gasteiger partial charge in [0.25, 0.3) is 0 Å². The SMILES string of the molecule is CCCCCCCC/C=C/CCCC1=NCCN1CCN. The number of amidine groups is 1. The maximum Gasteiger partial charge on any atom is 0.0990 e. The van der Waals surface area contributed by atoms with Gasteiger partial charge in [0.15, 0.2) is 0 Å². The topological polar surface area (TPSA) is 41.6 Å². The van der Waals surface area contributed by atoms with Crippen molar-refractivity contribution in [1.29, 1.82) is 0 Å². The maximum absolute atomic E-state index is 5.62. The highest BCUT2D eigenvalue weighted by atomic mass is 15.2. The summed E-state index contributed by atoms with van der Waals surface area (Å²) in [7, 11) is 0. The fraction of sp³-hybridized carbons (Fsp3) is 0.833. The summed E-state index contributed by atoms with van der Waals surface area (Å²) in [4.78, 5) is 6.93. The zero-order chi connectivity index (χ0) is 15.2. The van der Waals surface area contributed by atoms with Gasteiger partial charge in [-0.15, -0.1) is 0 Å². The molecule has 3 heteroatoms. The van der Waals surface area contributed by atoms with Crippen molar-refractivity contribution in [2.75, 3.05) is 26.2 Å². The number of nitrogens with zero attached hydrogens (tertiary/aromatic N) is 2. The van der Waals surface area contributed by atoms with E-state index in [0.717, 1.165) is 32.6 Å². The lowest BCUT2D eigenvalue weighted by Crippen LogP contribution is -2.32. The van der Waals surface area contributed by atoms with Gasteiger partial charge in [0.1, 0.15) is 0 Å². The molecule has 3 nitrogen and oxygen atoms in total. The van der Waals surface area contributed by atoms with Crippen molar-refractivity contribution in [2.24, 2.45) is 10.7 Å². The summed E-state index contributed by atoms with van der Waals surface area (Å²) in [6.45, 7) is 6.00. The number of aliphatic imine (C=N–C) groups is 1. The molecule has 0 aliphatic carbocycles. The minimum absolute atomic E-state index is 0.733. The highest BCUT2D eigenvalue weighted by molar-refractivity contribution is 5.83. The third-order valence-corrected chi connectivity index (χ3v) is 4.09. The Morgan fingerprint density at radius 2 is 1.76 bits per heavy atom. The molecule has 0 unspecified atom stereocenters. The first-order chi connectivity index (χ1) is 10.4. The van der Waals surface area contributed by atoms with Crippen LogP contribution in [0.15, 0.2) is 17.1 Å². The van der Waals surface area contributed by atoms with E-state index >= 15 is 0 Å². The molecule has 0 radical (unpaired) electrons. The van der Waals surface area contributed by atoms with Gasteiger partial charge in [-0.05, 0) is 25.7 Å². The average molecular weight is 293 g/mol. The van der Waals surface area contributed by atoms with Crippen LogP contribution in [0.1, 0.15) is 71.1 Å². The second-order valence-corrected chi connectivity index (χ2v) is 5.99. The van der Waals surface area contributed by atoms with Crippen LogP contribution < -0.4 is 5.73 Å². The summed E-state index contributed by atoms with van der Waals surface area (Å²) in [5, 5.41) is 0. The van der Waals surface area contributed by atoms with Gasteiger partial charge in [-0.25, -0.2) is 0 Å². The van der Waals surface area contributed by atoms with Crippen LogP contribution in [0.2, 0.25) is 0 Å². The van der Waals surface area contributed by atoms with Crippen molar-refractivity contribution in [2.45, 2.75) is 71.1 Å². The van der Waals surface area contributed by atoms with Gasteiger partial charge in [-0.1, -0.05) is 51.2 Å². The predicted molar refractivity (Wildman–Crippen MR) is 93.9 cm³/mol. The zero-order valence-electron chi connectivity index (χ0n) is 14.0. The van der Waals surface area contributed by atoms with Crippen molar-refractivity contribution >= 4 is 5.84 Å². The van der Waals surface area contributed by atoms with Crippen LogP contribution in [-0.2, 0) is 0 Å². The van der Waals surface area contributed by atoms with Crippen LogP contribution in [0.4, 0.5) is 0 Å². The smallest absolute Gasteiger partial charge is 0.0990 e. The number of hydrogen-bond acceptors (Lipinski definition) is 3. The third kappa shape index (κ3) is 8.92. The lowest BCUT2D eigenvalue weighted by molar-refractivity contribution is 0.458. The van der Waals surface area contributed by atoms with Gasteiger partial charge in [0.05, 0.1) is 12.4 Å². The molecule has 0 saturated heterocycles. The Morgan fingerprint density at radius 1 is 1.05 bits per heavy atom. The Labute approximate surface area is 131 Å². The molecule has 0 aromatic rings. The molecule has 21 heavy (non-hydrogen) atoms. The van der Waals surface area contributed by atoms with E-state index < -0.39 is 0 Å². The molecule has 0 saturated carbocycles. The van der Waals surface area contributed by atoms with Crippen molar-refractivity contribution in [1.82, 2.24) is 4.90 Å². The number of allylic oxidation sites excluding steroid dienone is 2. The van der Waals surface area contributed by atoms with Crippen LogP contribution in [0.5, 0.6) is 0 Å². The summed E-state index contributed by atoms with van der Waals surface area (Å²) in [5.41, 5.74) is 5.62. The fourth-order valence-electron chi connectivity index (χ4n) is 2.82. The molecule has 0 atom stereocenters. The van der Waals surface area contributed by atoms with Crippen LogP contribution >= 0.6 is 0 Å². The van der Waals surface area contributed by atoms with Gasteiger partial charge in [-0.3, -0.25) is 4.99 Å². The molecule has 0 fully saturated rings. The summed E-state index contributed by atoms with van der Waals surface area (Å²) in [5.74, 6) is 1.28. The molecular weight excluding hydrogens is 258 g/mol. The van der Waals surface area contributed by atoms with Crippen LogP contribution in [0.3, 0.4) is 0 Å². The minimum atomic E-state index is 0.733. The zero-order valence-corrected chi connectivity index (χ0v) is 14.0. The first-order valence-corrected chi connectivity index (χ1v) is 9.01. The lowest BCUT2D eigenvalue weighted by Gasteiger charge is -2.18. The Kier molecular flexibility index (Phi) is 11.2. The van der Waals surface area contributed by atoms with E-state index in [4.69, 9.17) is 5.73 Å². The summed E-state index contributed by atoms with van der Waals surface area (Å²) in [6, 6.07) is 0. The number of rotatable bonds is 13. The quantitative estimate of drug-likeness (QED) is 0.409. The molecule has 0 aromatic heterocycles. The number of unbranched alkanes of at least 4 members (excludes halogenated alkanes) is 7. The molecule has 122 valence electrons. The van der Waals surface area contributed by atoms with Crippen LogP contribution in [0, 0.1) is 0 Å². The summed E-state index contributed by atoms with van der Waals surface area (Å²) >= 11 is 0. The standard InChI is InChI=1S/C18H35N3/c1-2-3-4-5-6-7-8-9-10-11-12-13-18-20-15-17-21(18)16-14-19/h9-10H,2-8,11-17,19H2,1H3/b10-9+. The number of nitrogens with two attached hydrogens (primary N) is 1. The monoisotopic (exact) mass is 293 g/mol. The van der Waals surface area contributed by atoms with Crippen molar-refractivity contribution in [3.63, 3.8) is 0 Å². The maximum atomic E-state index is 5.62. The summed E-state index contributed by atoms with van der Waals surface area (Å²) < 4.78 is 0. The third-order valence-electron chi connectivity index (χ3n) is 4.09. The molecule has 1 aliphatic heterocycles. The van der Waals surface area contributed by atoms with E-state index in [0.29, 0.717) is 0 Å². The number of hydrogen-bond donors (Lipinski definition) is 1. The fourth-order valence-corrected chi connectivity index (χ4v) is 2.82. The minimum Gasteiger partial charge on any atom is -0.357 e. The first kappa shape index (κ1) is 18.2. The Hall–Kier alpha value is -0.830. The van der Waals surface area contributed by atoms with Gasteiger partial charge in [0, 0.05) is 26.1 Å². The first-order valence-electron chi connectivity index (χ1n) is 9.01. The summed E-state index contributed by atoms with van der Waals surface area (Å²) in [6.07, 6.45) is 17.8. The molecule has 1 rings (SSSR count). The van der Waals surface area contributed by atoms with Crippen molar-refractivity contribution in [3.8, 4) is 0 Å². The largest absolute Gasteiger partial charge is 0.357 e. The average Bonchev–Trinajstić information content (AvgIpc) is 2.92. The van der Waals surface area contributed by atoms with Gasteiger partial charge < -0.3 is 10.6 Å². The molecule has 0 aromatic carbocycles. The van der Waals surface area contributed by atoms with Crippen molar-refractivity contribution in [3.05, 3.63) is 12.2 Å². The molecule has 1 aliphatic rings. The predicted octanol–water partition coefficient (Wildman–Crippen LogP) is 4.14. The normalized spacial score (nSPS) is 15.1. The molecule has 0 bridgehead atoms. The highest BCUT2D eigenvalue weighted by Crippen LogP contribution is 2.10.